The second-order valence-electron chi connectivity index (χ2n) is 3.82. The minimum atomic E-state index is -0.00713. The van der Waals surface area contributed by atoms with E-state index in [0.717, 1.165) is 12.2 Å². The van der Waals surface area contributed by atoms with Crippen LogP contribution in [0.1, 0.15) is 39.1 Å². The van der Waals surface area contributed by atoms with E-state index in [2.05, 4.69) is 32.6 Å². The van der Waals surface area contributed by atoms with Gasteiger partial charge in [-0.1, -0.05) is 6.92 Å². The van der Waals surface area contributed by atoms with E-state index in [1.807, 2.05) is 13.8 Å². The first kappa shape index (κ1) is 12.5. The molecule has 1 atom stereocenters. The Morgan fingerprint density at radius 2 is 2.38 bits per heavy atom. The number of H-pyrrole nitrogens is 1. The van der Waals surface area contributed by atoms with Gasteiger partial charge in [0, 0.05) is 18.4 Å². The lowest BCUT2D eigenvalue weighted by Crippen LogP contribution is -2.44. The van der Waals surface area contributed by atoms with Gasteiger partial charge < -0.3 is 10.3 Å². The number of nitrogens with one attached hydrogen (secondary N) is 3. The van der Waals surface area contributed by atoms with E-state index in [9.17, 15) is 0 Å². The highest BCUT2D eigenvalue weighted by Gasteiger charge is 2.11. The summed E-state index contributed by atoms with van der Waals surface area (Å²) in [6, 6.07) is 0.274. The summed E-state index contributed by atoms with van der Waals surface area (Å²) in [7, 11) is 0. The third-order valence-electron chi connectivity index (χ3n) is 2.07. The Morgan fingerprint density at radius 3 is 2.81 bits per heavy atom. The number of hydrogen-bond donors (Lipinski definition) is 4. The van der Waals surface area contributed by atoms with Crippen LogP contribution in [0.5, 0.6) is 0 Å². The quantitative estimate of drug-likeness (QED) is 0.262. The Labute approximate surface area is 95.7 Å². The van der Waals surface area contributed by atoms with Gasteiger partial charge in [0.1, 0.15) is 11.9 Å². The number of nitrogens with zero attached hydrogens (tertiary/aromatic N) is 2. The molecule has 6 nitrogen and oxygen atoms in total. The number of aromatic nitrogens is 2. The molecule has 0 saturated heterocycles. The summed E-state index contributed by atoms with van der Waals surface area (Å²) in [4.78, 5) is 11.7. The van der Waals surface area contributed by atoms with Gasteiger partial charge in [-0.3, -0.25) is 5.43 Å². The van der Waals surface area contributed by atoms with Crippen molar-refractivity contribution in [2.24, 2.45) is 10.8 Å². The number of hydrazine groups is 1. The molecule has 0 spiro atoms. The third-order valence-corrected chi connectivity index (χ3v) is 2.07. The fraction of sp³-hybridized carbons (Fsp3) is 0.600. The molecule has 0 radical (unpaired) electrons. The fourth-order valence-electron chi connectivity index (χ4n) is 1.35. The molecule has 0 fully saturated rings. The summed E-state index contributed by atoms with van der Waals surface area (Å²) in [5, 5.41) is 3.13. The van der Waals surface area contributed by atoms with Crippen LogP contribution in [-0.2, 0) is 0 Å². The molecule has 0 bridgehead atoms. The first-order chi connectivity index (χ1) is 7.67. The second-order valence-corrected chi connectivity index (χ2v) is 3.82. The van der Waals surface area contributed by atoms with Crippen molar-refractivity contribution in [3.05, 3.63) is 18.2 Å². The maximum atomic E-state index is 5.40. The van der Waals surface area contributed by atoms with Crippen molar-refractivity contribution >= 4 is 5.96 Å². The summed E-state index contributed by atoms with van der Waals surface area (Å²) in [6.45, 7) is 6.11. The zero-order chi connectivity index (χ0) is 12.0. The van der Waals surface area contributed by atoms with E-state index in [1.165, 1.54) is 0 Å². The number of hydrogen-bond acceptors (Lipinski definition) is 3. The van der Waals surface area contributed by atoms with Crippen LogP contribution >= 0.6 is 0 Å². The highest BCUT2D eigenvalue weighted by molar-refractivity contribution is 5.79. The fourth-order valence-corrected chi connectivity index (χ4v) is 1.35. The van der Waals surface area contributed by atoms with Crippen molar-refractivity contribution in [3.63, 3.8) is 0 Å². The highest BCUT2D eigenvalue weighted by atomic mass is 15.3. The molecule has 0 aliphatic heterocycles. The van der Waals surface area contributed by atoms with Crippen molar-refractivity contribution in [3.8, 4) is 0 Å². The normalized spacial score (nSPS) is 13.9. The molecule has 1 aromatic rings. The summed E-state index contributed by atoms with van der Waals surface area (Å²) in [5.74, 6) is 6.83. The molecule has 0 saturated carbocycles. The zero-order valence-corrected chi connectivity index (χ0v) is 9.99. The smallest absolute Gasteiger partial charge is 0.206 e. The molecular formula is C10H20N6. The van der Waals surface area contributed by atoms with E-state index in [-0.39, 0.29) is 12.1 Å². The molecular weight excluding hydrogens is 204 g/mol. The molecule has 0 aliphatic rings. The molecule has 5 N–H and O–H groups in total. The van der Waals surface area contributed by atoms with Crippen LogP contribution in [0.4, 0.5) is 0 Å². The number of guanidine groups is 1. The Bertz CT molecular complexity index is 316. The van der Waals surface area contributed by atoms with E-state index < -0.39 is 0 Å². The maximum Gasteiger partial charge on any atom is 0.206 e. The lowest BCUT2D eigenvalue weighted by molar-refractivity contribution is 0.633. The van der Waals surface area contributed by atoms with E-state index in [0.29, 0.717) is 5.96 Å². The van der Waals surface area contributed by atoms with Gasteiger partial charge in [0.2, 0.25) is 5.96 Å². The molecule has 0 aliphatic carbocycles. The predicted molar refractivity (Wildman–Crippen MR) is 64.6 cm³/mol. The summed E-state index contributed by atoms with van der Waals surface area (Å²) < 4.78 is 0. The standard InChI is InChI=1S/C10H20N6/c1-4-8(9-12-5-6-13-9)15-10(16-11)14-7(2)3/h5-8H,4,11H2,1-3H3,(H,12,13)(H2,14,15,16). The third kappa shape index (κ3) is 3.54. The van der Waals surface area contributed by atoms with Gasteiger partial charge in [0.15, 0.2) is 0 Å². The number of aromatic amines is 1. The second kappa shape index (κ2) is 6.12. The van der Waals surface area contributed by atoms with Crippen LogP contribution in [0, 0.1) is 0 Å². The SMILES string of the molecule is CCC(N=C(NN)NC(C)C)c1ncc[nH]1. The first-order valence-corrected chi connectivity index (χ1v) is 5.47. The Morgan fingerprint density at radius 1 is 1.62 bits per heavy atom. The van der Waals surface area contributed by atoms with Crippen LogP contribution in [0.3, 0.4) is 0 Å². The van der Waals surface area contributed by atoms with Crippen molar-refractivity contribution in [1.29, 1.82) is 0 Å². The van der Waals surface area contributed by atoms with Crippen LogP contribution in [-0.4, -0.2) is 22.0 Å². The molecule has 90 valence electrons. The van der Waals surface area contributed by atoms with Gasteiger partial charge >= 0.3 is 0 Å². The lowest BCUT2D eigenvalue weighted by atomic mass is 10.2. The van der Waals surface area contributed by atoms with Gasteiger partial charge in [-0.2, -0.15) is 0 Å². The highest BCUT2D eigenvalue weighted by Crippen LogP contribution is 2.16. The van der Waals surface area contributed by atoms with E-state index >= 15 is 0 Å². The number of aliphatic imine (C=N–C) groups is 1. The molecule has 16 heavy (non-hydrogen) atoms. The molecule has 1 unspecified atom stereocenters. The minimum absolute atomic E-state index is 0.00713. The largest absolute Gasteiger partial charge is 0.353 e. The summed E-state index contributed by atoms with van der Waals surface area (Å²) in [5.41, 5.74) is 2.56. The van der Waals surface area contributed by atoms with Gasteiger partial charge in [0.25, 0.3) is 0 Å². The van der Waals surface area contributed by atoms with Crippen LogP contribution in [0.15, 0.2) is 17.4 Å². The lowest BCUT2D eigenvalue weighted by Gasteiger charge is -2.15. The Kier molecular flexibility index (Phi) is 4.78. The Hall–Kier alpha value is -1.56. The van der Waals surface area contributed by atoms with Gasteiger partial charge in [-0.15, -0.1) is 0 Å². The van der Waals surface area contributed by atoms with Crippen molar-refractivity contribution in [1.82, 2.24) is 20.7 Å². The van der Waals surface area contributed by atoms with Gasteiger partial charge in [-0.05, 0) is 20.3 Å². The number of imidazole rings is 1. The van der Waals surface area contributed by atoms with Crippen molar-refractivity contribution < 1.29 is 0 Å². The molecule has 0 aromatic carbocycles. The topological polar surface area (TPSA) is 91.1 Å². The van der Waals surface area contributed by atoms with Crippen molar-refractivity contribution in [2.75, 3.05) is 0 Å². The van der Waals surface area contributed by atoms with Crippen LogP contribution in [0.2, 0.25) is 0 Å². The average molecular weight is 224 g/mol. The predicted octanol–water partition coefficient (Wildman–Crippen LogP) is 0.678. The van der Waals surface area contributed by atoms with Crippen LogP contribution < -0.4 is 16.6 Å². The van der Waals surface area contributed by atoms with Gasteiger partial charge in [-0.25, -0.2) is 15.8 Å². The monoisotopic (exact) mass is 224 g/mol. The molecule has 1 rings (SSSR count). The number of nitrogens with two attached hydrogens (primary N) is 1. The van der Waals surface area contributed by atoms with Crippen LogP contribution in [0.25, 0.3) is 0 Å². The Balaban J connectivity index is 2.76. The van der Waals surface area contributed by atoms with E-state index in [1.54, 1.807) is 12.4 Å². The molecule has 0 amide bonds. The number of rotatable bonds is 4. The minimum Gasteiger partial charge on any atom is -0.353 e. The molecule has 1 heterocycles. The first-order valence-electron chi connectivity index (χ1n) is 5.47. The van der Waals surface area contributed by atoms with E-state index in [4.69, 9.17) is 5.84 Å². The zero-order valence-electron chi connectivity index (χ0n) is 9.99. The summed E-state index contributed by atoms with van der Waals surface area (Å²) in [6.07, 6.45) is 4.37. The summed E-state index contributed by atoms with van der Waals surface area (Å²) >= 11 is 0. The van der Waals surface area contributed by atoms with Crippen molar-refractivity contribution in [2.45, 2.75) is 39.3 Å². The van der Waals surface area contributed by atoms with Gasteiger partial charge in [0.05, 0.1) is 0 Å². The molecule has 6 heteroatoms. The molecule has 1 aromatic heterocycles. The maximum absolute atomic E-state index is 5.40. The average Bonchev–Trinajstić information content (AvgIpc) is 2.76.